The van der Waals surface area contributed by atoms with Gasteiger partial charge in [-0.3, -0.25) is 4.79 Å². The van der Waals surface area contributed by atoms with Gasteiger partial charge in [-0.15, -0.1) is 0 Å². The number of anilines is 1. The molecule has 0 aromatic heterocycles. The van der Waals surface area contributed by atoms with Crippen molar-refractivity contribution in [3.63, 3.8) is 0 Å². The molecule has 3 N–H and O–H groups in total. The molecule has 1 aromatic carbocycles. The van der Waals surface area contributed by atoms with E-state index in [1.165, 1.54) is 0 Å². The number of carbonyl (C=O) groups is 1. The zero-order valence-corrected chi connectivity index (χ0v) is 11.5. The Kier molecular flexibility index (Phi) is 3.53. The lowest BCUT2D eigenvalue weighted by atomic mass is 9.63. The summed E-state index contributed by atoms with van der Waals surface area (Å²) in [5, 5.41) is 3.91. The first-order chi connectivity index (χ1) is 8.43. The third-order valence-electron chi connectivity index (χ3n) is 3.84. The first-order valence-electron chi connectivity index (χ1n) is 6.26. The lowest BCUT2D eigenvalue weighted by Crippen LogP contribution is -2.60. The van der Waals surface area contributed by atoms with Crippen LogP contribution in [0.5, 0.6) is 0 Å². The molecule has 18 heavy (non-hydrogen) atoms. The third-order valence-corrected chi connectivity index (χ3v) is 4.08. The van der Waals surface area contributed by atoms with Crippen LogP contribution in [0, 0.1) is 11.8 Å². The molecule has 0 atom stereocenters. The second kappa shape index (κ2) is 4.81. The SMILES string of the molecule is CC(C)C1CC(Nc2cccc(Cl)c2)(C(N)=O)C1. The van der Waals surface area contributed by atoms with Crippen molar-refractivity contribution in [1.82, 2.24) is 0 Å². The summed E-state index contributed by atoms with van der Waals surface area (Å²) >= 11 is 5.94. The molecule has 0 heterocycles. The number of carbonyl (C=O) groups excluding carboxylic acids is 1. The number of hydrogen-bond donors (Lipinski definition) is 2. The van der Waals surface area contributed by atoms with Crippen molar-refractivity contribution in [3.05, 3.63) is 29.3 Å². The normalized spacial score (nSPS) is 26.8. The molecule has 1 amide bonds. The minimum Gasteiger partial charge on any atom is -0.371 e. The van der Waals surface area contributed by atoms with E-state index in [4.69, 9.17) is 17.3 Å². The summed E-state index contributed by atoms with van der Waals surface area (Å²) in [4.78, 5) is 11.7. The summed E-state index contributed by atoms with van der Waals surface area (Å²) in [6.45, 7) is 4.35. The van der Waals surface area contributed by atoms with Crippen LogP contribution < -0.4 is 11.1 Å². The van der Waals surface area contributed by atoms with Crippen LogP contribution in [0.1, 0.15) is 26.7 Å². The average Bonchev–Trinajstić information content (AvgIpc) is 2.21. The second-order valence-corrected chi connectivity index (χ2v) is 5.93. The van der Waals surface area contributed by atoms with Gasteiger partial charge in [-0.05, 0) is 42.9 Å². The summed E-state index contributed by atoms with van der Waals surface area (Å²) in [6, 6.07) is 7.38. The predicted octanol–water partition coefficient (Wildman–Crippen LogP) is 3.04. The van der Waals surface area contributed by atoms with Gasteiger partial charge in [-0.25, -0.2) is 0 Å². The Balaban J connectivity index is 2.12. The molecule has 0 saturated heterocycles. The largest absolute Gasteiger partial charge is 0.371 e. The van der Waals surface area contributed by atoms with Gasteiger partial charge in [0, 0.05) is 10.7 Å². The van der Waals surface area contributed by atoms with E-state index in [0.29, 0.717) is 16.9 Å². The Morgan fingerprint density at radius 3 is 2.67 bits per heavy atom. The van der Waals surface area contributed by atoms with Crippen LogP contribution >= 0.6 is 11.6 Å². The zero-order valence-electron chi connectivity index (χ0n) is 10.7. The van der Waals surface area contributed by atoms with E-state index in [0.717, 1.165) is 18.5 Å². The quantitative estimate of drug-likeness (QED) is 0.880. The van der Waals surface area contributed by atoms with Gasteiger partial charge >= 0.3 is 0 Å². The number of benzene rings is 1. The van der Waals surface area contributed by atoms with Crippen molar-refractivity contribution < 1.29 is 4.79 Å². The van der Waals surface area contributed by atoms with Gasteiger partial charge in [0.05, 0.1) is 0 Å². The Hall–Kier alpha value is -1.22. The van der Waals surface area contributed by atoms with Gasteiger partial charge in [-0.2, -0.15) is 0 Å². The number of nitrogens with two attached hydrogens (primary N) is 1. The maximum absolute atomic E-state index is 11.7. The number of halogens is 1. The number of hydrogen-bond acceptors (Lipinski definition) is 2. The highest BCUT2D eigenvalue weighted by Crippen LogP contribution is 2.44. The van der Waals surface area contributed by atoms with E-state index in [9.17, 15) is 4.79 Å². The van der Waals surface area contributed by atoms with Crippen LogP contribution in [0.2, 0.25) is 5.02 Å². The minimum absolute atomic E-state index is 0.278. The van der Waals surface area contributed by atoms with Crippen LogP contribution in [-0.4, -0.2) is 11.4 Å². The van der Waals surface area contributed by atoms with E-state index in [1.807, 2.05) is 18.2 Å². The van der Waals surface area contributed by atoms with E-state index in [1.54, 1.807) is 6.07 Å². The number of primary amides is 1. The van der Waals surface area contributed by atoms with Crippen LogP contribution in [0.4, 0.5) is 5.69 Å². The van der Waals surface area contributed by atoms with Crippen LogP contribution in [0.3, 0.4) is 0 Å². The van der Waals surface area contributed by atoms with E-state index in [2.05, 4.69) is 19.2 Å². The molecule has 1 saturated carbocycles. The number of nitrogens with one attached hydrogen (secondary N) is 1. The predicted molar refractivity (Wildman–Crippen MR) is 74.6 cm³/mol. The molecule has 2 rings (SSSR count). The second-order valence-electron chi connectivity index (χ2n) is 5.49. The Morgan fingerprint density at radius 1 is 1.50 bits per heavy atom. The van der Waals surface area contributed by atoms with Crippen LogP contribution in [0.25, 0.3) is 0 Å². The van der Waals surface area contributed by atoms with E-state index < -0.39 is 5.54 Å². The van der Waals surface area contributed by atoms with Crippen molar-refractivity contribution in [3.8, 4) is 0 Å². The monoisotopic (exact) mass is 266 g/mol. The fourth-order valence-corrected chi connectivity index (χ4v) is 2.70. The average molecular weight is 267 g/mol. The summed E-state index contributed by atoms with van der Waals surface area (Å²) < 4.78 is 0. The standard InChI is InChI=1S/C14H19ClN2O/c1-9(2)10-7-14(8-10,13(16)18)17-12-5-3-4-11(15)6-12/h3-6,9-10,17H,7-8H2,1-2H3,(H2,16,18). The van der Waals surface area contributed by atoms with Crippen LogP contribution in [0.15, 0.2) is 24.3 Å². The molecular formula is C14H19ClN2O. The van der Waals surface area contributed by atoms with Gasteiger partial charge in [0.25, 0.3) is 0 Å². The highest BCUT2D eigenvalue weighted by atomic mass is 35.5. The Labute approximate surface area is 113 Å². The molecule has 0 radical (unpaired) electrons. The molecule has 4 heteroatoms. The molecule has 3 nitrogen and oxygen atoms in total. The fraction of sp³-hybridized carbons (Fsp3) is 0.500. The minimum atomic E-state index is -0.598. The van der Waals surface area contributed by atoms with Gasteiger partial charge in [0.15, 0.2) is 0 Å². The van der Waals surface area contributed by atoms with Gasteiger partial charge in [0.1, 0.15) is 5.54 Å². The van der Waals surface area contributed by atoms with Crippen molar-refractivity contribution in [2.75, 3.05) is 5.32 Å². The first-order valence-corrected chi connectivity index (χ1v) is 6.64. The highest BCUT2D eigenvalue weighted by molar-refractivity contribution is 6.30. The number of amides is 1. The van der Waals surface area contributed by atoms with Crippen molar-refractivity contribution in [1.29, 1.82) is 0 Å². The molecule has 1 fully saturated rings. The smallest absolute Gasteiger partial charge is 0.243 e. The molecular weight excluding hydrogens is 248 g/mol. The maximum Gasteiger partial charge on any atom is 0.243 e. The maximum atomic E-state index is 11.7. The molecule has 0 unspecified atom stereocenters. The van der Waals surface area contributed by atoms with Crippen molar-refractivity contribution >= 4 is 23.2 Å². The highest BCUT2D eigenvalue weighted by Gasteiger charge is 2.49. The van der Waals surface area contributed by atoms with Gasteiger partial charge in [0.2, 0.25) is 5.91 Å². The lowest BCUT2D eigenvalue weighted by molar-refractivity contribution is -0.127. The molecule has 1 aromatic rings. The Bertz CT molecular complexity index is 453. The third kappa shape index (κ3) is 2.46. The molecule has 0 bridgehead atoms. The van der Waals surface area contributed by atoms with E-state index >= 15 is 0 Å². The van der Waals surface area contributed by atoms with Crippen molar-refractivity contribution in [2.45, 2.75) is 32.2 Å². The topological polar surface area (TPSA) is 55.1 Å². The summed E-state index contributed by atoms with van der Waals surface area (Å²) in [5.41, 5.74) is 5.80. The number of rotatable bonds is 4. The van der Waals surface area contributed by atoms with Crippen molar-refractivity contribution in [2.24, 2.45) is 17.6 Å². The van der Waals surface area contributed by atoms with E-state index in [-0.39, 0.29) is 5.91 Å². The lowest BCUT2D eigenvalue weighted by Gasteiger charge is -2.48. The zero-order chi connectivity index (χ0) is 13.3. The molecule has 98 valence electrons. The Morgan fingerprint density at radius 2 is 2.17 bits per heavy atom. The molecule has 1 aliphatic carbocycles. The fourth-order valence-electron chi connectivity index (χ4n) is 2.51. The summed E-state index contributed by atoms with van der Waals surface area (Å²) in [5.74, 6) is 0.863. The van der Waals surface area contributed by atoms with Gasteiger partial charge < -0.3 is 11.1 Å². The van der Waals surface area contributed by atoms with Crippen LogP contribution in [-0.2, 0) is 4.79 Å². The summed E-state index contributed by atoms with van der Waals surface area (Å²) in [7, 11) is 0. The summed E-state index contributed by atoms with van der Waals surface area (Å²) in [6.07, 6.45) is 1.60. The molecule has 0 spiro atoms. The first kappa shape index (κ1) is 13.2. The van der Waals surface area contributed by atoms with Gasteiger partial charge in [-0.1, -0.05) is 31.5 Å². The molecule has 0 aliphatic heterocycles. The molecule has 1 aliphatic rings.